The molecule has 0 saturated heterocycles. The van der Waals surface area contributed by atoms with Gasteiger partial charge in [-0.1, -0.05) is 0 Å². The van der Waals surface area contributed by atoms with Gasteiger partial charge in [-0.3, -0.25) is 0 Å². The average molecular weight is 639 g/mol. The number of para-hydroxylation sites is 2. The fourth-order valence-electron chi connectivity index (χ4n) is 5.12. The van der Waals surface area contributed by atoms with Gasteiger partial charge >= 0.3 is 240 Å². The topological polar surface area (TPSA) is 47.2 Å². The van der Waals surface area contributed by atoms with Crippen molar-refractivity contribution in [3.8, 4) is 0 Å². The number of hydrogen-bond donors (Lipinski definition) is 0. The maximum atomic E-state index is 13.3. The van der Waals surface area contributed by atoms with Crippen LogP contribution < -0.4 is 19.0 Å². The summed E-state index contributed by atoms with van der Waals surface area (Å²) in [6, 6.07) is 17.0. The molecular weight excluding hydrogens is 602 g/mol. The van der Waals surface area contributed by atoms with Crippen LogP contribution in [-0.2, 0) is 11.3 Å². The van der Waals surface area contributed by atoms with E-state index in [-0.39, 0.29) is 41.0 Å². The quantitative estimate of drug-likeness (QED) is 0.126. The summed E-state index contributed by atoms with van der Waals surface area (Å²) in [5, 5.41) is 13.3. The number of nitrogens with zero attached hydrogens (tertiary/aromatic N) is 2. The van der Waals surface area contributed by atoms with Gasteiger partial charge in [0.15, 0.2) is 0 Å². The van der Waals surface area contributed by atoms with Crippen LogP contribution in [0.4, 0.5) is 5.69 Å². The molecule has 0 unspecified atom stereocenters. The van der Waals surface area contributed by atoms with E-state index >= 15 is 0 Å². The molecule has 0 radical (unpaired) electrons. The third-order valence-electron chi connectivity index (χ3n) is 7.26. The molecule has 4 nitrogen and oxygen atoms in total. The number of hydrogen-bond acceptors (Lipinski definition) is 3. The number of allylic oxidation sites excluding steroid dienone is 3. The fraction of sp³-hybridized carbons (Fsp3) is 0.375. The van der Waals surface area contributed by atoms with Crippen LogP contribution in [0.3, 0.4) is 0 Å². The number of unbranched alkanes of at least 4 members (excludes halogenated alkanes) is 6. The maximum absolute atomic E-state index is 13.3. The Morgan fingerprint density at radius 1 is 0.895 bits per heavy atom. The van der Waals surface area contributed by atoms with E-state index in [1.54, 1.807) is 0 Å². The molecule has 0 amide bonds. The summed E-state index contributed by atoms with van der Waals surface area (Å²) in [4.78, 5) is 15.6. The molecule has 1 aliphatic heterocycles. The number of aromatic nitrogens is 1. The van der Waals surface area contributed by atoms with E-state index in [0.717, 1.165) is 35.1 Å². The van der Waals surface area contributed by atoms with E-state index in [2.05, 4.69) is 71.8 Å². The summed E-state index contributed by atoms with van der Waals surface area (Å²) >= 11 is 0.212. The van der Waals surface area contributed by atoms with E-state index in [1.807, 2.05) is 12.2 Å². The standard InChI is InChI=1S/C32H36N2O2Se2/c1-3-5-7-13-19-33-25-15-9-11-17-27(25)37-29(33)21-23-31(35)24(32(23)36)22-30-34(20-14-8-6-4-2)26-16-10-12-18-28(26)38-30/h9-12,15-18,21-22H,3-8,13-14,19-20H2,1-2H3. The van der Waals surface area contributed by atoms with E-state index < -0.39 is 0 Å². The molecule has 2 heterocycles. The molecule has 2 aromatic carbocycles. The molecule has 38 heavy (non-hydrogen) atoms. The molecule has 0 bridgehead atoms. The molecule has 0 saturated carbocycles. The molecule has 3 aromatic rings. The fourth-order valence-corrected chi connectivity index (χ4v) is 9.87. The first-order chi connectivity index (χ1) is 18.6. The SMILES string of the molecule is CCCCCCN1/C(=C\C2=C([O-])C(=C\c3[se]c4ccccc4[n+]3CCCCCC)/C2=O)[Se]c2ccccc21. The molecular formula is C32H36N2O2Se2. The number of ketones is 1. The van der Waals surface area contributed by atoms with Crippen molar-refractivity contribution in [1.82, 2.24) is 0 Å². The van der Waals surface area contributed by atoms with Crippen molar-refractivity contribution in [2.24, 2.45) is 0 Å². The zero-order valence-corrected chi connectivity index (χ0v) is 25.8. The third-order valence-corrected chi connectivity index (χ3v) is 11.9. The van der Waals surface area contributed by atoms with Crippen LogP contribution in [0, 0.1) is 0 Å². The molecule has 6 heteroatoms. The molecule has 1 aliphatic carbocycles. The van der Waals surface area contributed by atoms with Crippen LogP contribution in [0.15, 0.2) is 76.1 Å². The number of carbonyl (C=O) groups is 1. The molecule has 0 N–H and O–H groups in total. The number of fused-ring (bicyclic) bond motifs is 2. The number of rotatable bonds is 12. The first-order valence-electron chi connectivity index (χ1n) is 14.0. The number of anilines is 1. The summed E-state index contributed by atoms with van der Waals surface area (Å²) in [7, 11) is 0. The monoisotopic (exact) mass is 640 g/mol. The Morgan fingerprint density at radius 2 is 1.63 bits per heavy atom. The van der Waals surface area contributed by atoms with Gasteiger partial charge in [0.25, 0.3) is 0 Å². The predicted octanol–water partition coefficient (Wildman–Crippen LogP) is 4.62. The van der Waals surface area contributed by atoms with E-state index in [4.69, 9.17) is 0 Å². The van der Waals surface area contributed by atoms with Gasteiger partial charge in [0.1, 0.15) is 0 Å². The van der Waals surface area contributed by atoms with Crippen molar-refractivity contribution in [2.75, 3.05) is 11.4 Å². The van der Waals surface area contributed by atoms with Crippen molar-refractivity contribution in [3.05, 3.63) is 80.7 Å². The van der Waals surface area contributed by atoms with Gasteiger partial charge in [-0.05, 0) is 0 Å². The summed E-state index contributed by atoms with van der Waals surface area (Å²) in [5.74, 6) is -0.184. The Bertz CT molecular complexity index is 1420. The van der Waals surface area contributed by atoms with Crippen LogP contribution >= 0.6 is 0 Å². The Labute approximate surface area is 238 Å². The van der Waals surface area contributed by atoms with Gasteiger partial charge in [-0.2, -0.15) is 0 Å². The molecule has 5 rings (SSSR count). The summed E-state index contributed by atoms with van der Waals surface area (Å²) < 4.78 is 7.28. The van der Waals surface area contributed by atoms with Crippen molar-refractivity contribution in [1.29, 1.82) is 0 Å². The second kappa shape index (κ2) is 12.7. The first kappa shape index (κ1) is 27.2. The minimum absolute atomic E-state index is 0.0922. The minimum atomic E-state index is -0.0922. The summed E-state index contributed by atoms with van der Waals surface area (Å²) in [5.41, 5.74) is 3.20. The van der Waals surface area contributed by atoms with Gasteiger partial charge in [0.05, 0.1) is 0 Å². The summed E-state index contributed by atoms with van der Waals surface area (Å²) in [6.45, 7) is 6.33. The van der Waals surface area contributed by atoms with Crippen molar-refractivity contribution < 1.29 is 14.5 Å². The van der Waals surface area contributed by atoms with Gasteiger partial charge in [-0.15, -0.1) is 0 Å². The second-order valence-electron chi connectivity index (χ2n) is 10.0. The molecule has 1 aromatic heterocycles. The van der Waals surface area contributed by atoms with Crippen LogP contribution in [-0.4, -0.2) is 41.8 Å². The number of aryl methyl sites for hydroxylation is 1. The molecule has 0 atom stereocenters. The molecule has 0 fully saturated rings. The predicted molar refractivity (Wildman–Crippen MR) is 157 cm³/mol. The zero-order chi connectivity index (χ0) is 26.5. The average Bonchev–Trinajstić information content (AvgIpc) is 3.48. The first-order valence-corrected chi connectivity index (χ1v) is 17.4. The van der Waals surface area contributed by atoms with Crippen molar-refractivity contribution in [3.63, 3.8) is 0 Å². The second-order valence-corrected chi connectivity index (χ2v) is 14.5. The number of benzene rings is 2. The Kier molecular flexibility index (Phi) is 9.07. The van der Waals surface area contributed by atoms with Gasteiger partial charge in [-0.25, -0.2) is 0 Å². The normalized spacial score (nSPS) is 17.2. The van der Waals surface area contributed by atoms with E-state index in [1.165, 1.54) is 58.5 Å². The number of Topliss-reactive ketones (excluding diaryl/α,β-unsaturated/α-hetero) is 1. The van der Waals surface area contributed by atoms with Gasteiger partial charge < -0.3 is 0 Å². The Hall–Kier alpha value is -2.36. The van der Waals surface area contributed by atoms with Crippen LogP contribution in [0.2, 0.25) is 0 Å². The zero-order valence-electron chi connectivity index (χ0n) is 22.4. The Balaban J connectivity index is 1.42. The van der Waals surface area contributed by atoms with Crippen LogP contribution in [0.5, 0.6) is 0 Å². The van der Waals surface area contributed by atoms with Crippen LogP contribution in [0.25, 0.3) is 15.9 Å². The Morgan fingerprint density at radius 3 is 2.42 bits per heavy atom. The van der Waals surface area contributed by atoms with Gasteiger partial charge in [0.2, 0.25) is 0 Å². The van der Waals surface area contributed by atoms with Crippen molar-refractivity contribution in [2.45, 2.75) is 71.8 Å². The molecule has 2 aliphatic rings. The van der Waals surface area contributed by atoms with Crippen molar-refractivity contribution >= 4 is 61.2 Å². The van der Waals surface area contributed by atoms with Crippen LogP contribution in [0.1, 0.15) is 69.8 Å². The third kappa shape index (κ3) is 5.65. The van der Waals surface area contributed by atoms with E-state index in [0.29, 0.717) is 11.1 Å². The van der Waals surface area contributed by atoms with E-state index in [9.17, 15) is 9.90 Å². The molecule has 0 spiro atoms. The molecule has 198 valence electrons. The summed E-state index contributed by atoms with van der Waals surface area (Å²) in [6.07, 6.45) is 13.3. The van der Waals surface area contributed by atoms with Gasteiger partial charge in [0, 0.05) is 0 Å². The number of carbonyl (C=O) groups excluding carboxylic acids is 1.